The minimum Gasteiger partial charge on any atom is -1.00 e. The van der Waals surface area contributed by atoms with Crippen molar-refractivity contribution in [2.45, 2.75) is 26.4 Å². The maximum Gasteiger partial charge on any atom is 0.0832 e. The van der Waals surface area contributed by atoms with E-state index < -0.39 is 0 Å². The first-order valence-electron chi connectivity index (χ1n) is 4.01. The number of quaternary nitrogens is 1. The van der Waals surface area contributed by atoms with Crippen molar-refractivity contribution in [1.82, 2.24) is 0 Å². The first-order valence-corrected chi connectivity index (χ1v) is 4.01. The Kier molecular flexibility index (Phi) is 4.37. The normalized spacial score (nSPS) is 29.2. The highest BCUT2D eigenvalue weighted by Gasteiger charge is 2.34. The van der Waals surface area contributed by atoms with Crippen LogP contribution in [0.4, 0.5) is 0 Å². The maximum atomic E-state index is 5.39. The summed E-state index contributed by atoms with van der Waals surface area (Å²) in [5.74, 6) is 0. The molecule has 11 heavy (non-hydrogen) atoms. The lowest BCUT2D eigenvalue weighted by Crippen LogP contribution is -3.00. The highest BCUT2D eigenvalue weighted by Crippen LogP contribution is 2.24. The van der Waals surface area contributed by atoms with Crippen molar-refractivity contribution < 1.29 is 22.5 Å². The molecule has 2 nitrogen and oxygen atoms in total. The number of hydrogen-bond donors (Lipinski definition) is 1. The summed E-state index contributed by atoms with van der Waals surface area (Å²) in [7, 11) is 1.82. The molecule has 0 radical (unpaired) electrons. The average molecular weight is 180 g/mol. The van der Waals surface area contributed by atoms with Crippen LogP contribution in [-0.4, -0.2) is 26.3 Å². The second-order valence-corrected chi connectivity index (χ2v) is 3.78. The summed E-state index contributed by atoms with van der Waals surface area (Å²) in [6.45, 7) is 6.97. The van der Waals surface area contributed by atoms with Crippen LogP contribution in [0.15, 0.2) is 0 Å². The lowest BCUT2D eigenvalue weighted by atomic mass is 9.82. The van der Waals surface area contributed by atoms with E-state index in [1.165, 1.54) is 19.5 Å². The number of rotatable bonds is 1. The molecule has 0 aliphatic carbocycles. The second kappa shape index (κ2) is 4.29. The maximum absolute atomic E-state index is 5.39. The lowest BCUT2D eigenvalue weighted by molar-refractivity contribution is -0.679. The summed E-state index contributed by atoms with van der Waals surface area (Å²) in [4.78, 5) is 0. The lowest BCUT2D eigenvalue weighted by Gasteiger charge is -2.35. The van der Waals surface area contributed by atoms with Crippen LogP contribution in [0.3, 0.4) is 0 Å². The smallest absolute Gasteiger partial charge is 0.0832 e. The Labute approximate surface area is 75.1 Å². The number of nitrogens with two attached hydrogens (primary N) is 1. The molecule has 0 aromatic carbocycles. The molecule has 0 aromatic rings. The van der Waals surface area contributed by atoms with Crippen LogP contribution in [0.5, 0.6) is 0 Å². The molecule has 0 bridgehead atoms. The topological polar surface area (TPSA) is 25.8 Å². The highest BCUT2D eigenvalue weighted by atomic mass is 35.5. The zero-order valence-electron chi connectivity index (χ0n) is 7.56. The second-order valence-electron chi connectivity index (χ2n) is 3.78. The quantitative estimate of drug-likeness (QED) is 0.456. The van der Waals surface area contributed by atoms with Gasteiger partial charge >= 0.3 is 0 Å². The molecular formula is C8H18ClNO. The first-order chi connectivity index (χ1) is 4.67. The van der Waals surface area contributed by atoms with Crippen molar-refractivity contribution >= 4 is 0 Å². The van der Waals surface area contributed by atoms with E-state index in [9.17, 15) is 0 Å². The van der Waals surface area contributed by atoms with Crippen LogP contribution in [0.2, 0.25) is 0 Å². The fourth-order valence-corrected chi connectivity index (χ4v) is 1.70. The highest BCUT2D eigenvalue weighted by molar-refractivity contribution is 4.79. The number of hydrogen-bond acceptors (Lipinski definition) is 1. The van der Waals surface area contributed by atoms with Gasteiger partial charge in [0.05, 0.1) is 19.2 Å². The van der Waals surface area contributed by atoms with E-state index >= 15 is 0 Å². The molecule has 0 spiro atoms. The van der Waals surface area contributed by atoms with Crippen LogP contribution < -0.4 is 17.7 Å². The van der Waals surface area contributed by atoms with Crippen molar-refractivity contribution in [3.05, 3.63) is 0 Å². The minimum absolute atomic E-state index is 0. The van der Waals surface area contributed by atoms with Gasteiger partial charge in [-0.25, -0.2) is 0 Å². The summed E-state index contributed by atoms with van der Waals surface area (Å²) in [5.41, 5.74) is 0.368. The number of piperidine rings is 1. The van der Waals surface area contributed by atoms with Crippen molar-refractivity contribution in [1.29, 1.82) is 0 Å². The predicted octanol–water partition coefficient (Wildman–Crippen LogP) is -3.00. The number of ether oxygens (including phenoxy) is 1. The van der Waals surface area contributed by atoms with Crippen molar-refractivity contribution in [3.8, 4) is 0 Å². The van der Waals surface area contributed by atoms with Crippen LogP contribution in [0, 0.1) is 5.41 Å². The Bertz CT molecular complexity index is 117. The van der Waals surface area contributed by atoms with Gasteiger partial charge in [-0.2, -0.15) is 0 Å². The molecule has 1 aliphatic heterocycles. The molecule has 0 saturated carbocycles. The van der Waals surface area contributed by atoms with Crippen molar-refractivity contribution in [2.75, 3.05) is 20.2 Å². The van der Waals surface area contributed by atoms with E-state index in [1.54, 1.807) is 0 Å². The first kappa shape index (κ1) is 11.2. The third-order valence-electron chi connectivity index (χ3n) is 2.46. The number of methoxy groups -OCH3 is 1. The van der Waals surface area contributed by atoms with E-state index in [0.29, 0.717) is 11.5 Å². The average Bonchev–Trinajstić information content (AvgIpc) is 1.87. The molecule has 0 aromatic heterocycles. The molecule has 1 aliphatic rings. The van der Waals surface area contributed by atoms with Gasteiger partial charge in [0, 0.05) is 18.9 Å². The number of halogens is 1. The van der Waals surface area contributed by atoms with Crippen LogP contribution in [-0.2, 0) is 4.74 Å². The summed E-state index contributed by atoms with van der Waals surface area (Å²) in [5, 5.41) is 2.37. The Morgan fingerprint density at radius 1 is 1.45 bits per heavy atom. The Balaban J connectivity index is 0.000001000. The van der Waals surface area contributed by atoms with Gasteiger partial charge in [-0.3, -0.25) is 0 Å². The van der Waals surface area contributed by atoms with E-state index in [2.05, 4.69) is 19.2 Å². The SMILES string of the molecule is CO[C@@H]1CC[NH2+]CC1(C)C.[Cl-]. The predicted molar refractivity (Wildman–Crippen MR) is 40.9 cm³/mol. The molecule has 3 heteroatoms. The van der Waals surface area contributed by atoms with E-state index in [1.807, 2.05) is 7.11 Å². The van der Waals surface area contributed by atoms with E-state index in [0.717, 1.165) is 0 Å². The van der Waals surface area contributed by atoms with Gasteiger partial charge in [0.25, 0.3) is 0 Å². The molecule has 1 rings (SSSR count). The molecule has 68 valence electrons. The molecule has 1 saturated heterocycles. The largest absolute Gasteiger partial charge is 1.00 e. The van der Waals surface area contributed by atoms with E-state index in [4.69, 9.17) is 4.74 Å². The van der Waals surface area contributed by atoms with Gasteiger partial charge < -0.3 is 22.5 Å². The molecular weight excluding hydrogens is 162 g/mol. The zero-order chi connectivity index (χ0) is 7.61. The van der Waals surface area contributed by atoms with E-state index in [-0.39, 0.29) is 12.4 Å². The van der Waals surface area contributed by atoms with Gasteiger partial charge in [-0.15, -0.1) is 0 Å². The summed E-state index contributed by atoms with van der Waals surface area (Å²) >= 11 is 0. The fourth-order valence-electron chi connectivity index (χ4n) is 1.70. The Morgan fingerprint density at radius 3 is 2.45 bits per heavy atom. The van der Waals surface area contributed by atoms with Gasteiger partial charge in [-0.05, 0) is 0 Å². The monoisotopic (exact) mass is 179 g/mol. The fraction of sp³-hybridized carbons (Fsp3) is 1.00. The zero-order valence-corrected chi connectivity index (χ0v) is 8.32. The van der Waals surface area contributed by atoms with Crippen molar-refractivity contribution in [2.24, 2.45) is 5.41 Å². The summed E-state index contributed by atoms with van der Waals surface area (Å²) < 4.78 is 5.39. The Morgan fingerprint density at radius 2 is 2.09 bits per heavy atom. The van der Waals surface area contributed by atoms with Gasteiger partial charge in [0.2, 0.25) is 0 Å². The summed E-state index contributed by atoms with van der Waals surface area (Å²) in [6, 6.07) is 0. The van der Waals surface area contributed by atoms with Crippen LogP contribution in [0.25, 0.3) is 0 Å². The van der Waals surface area contributed by atoms with Crippen LogP contribution in [0.1, 0.15) is 20.3 Å². The Hall–Kier alpha value is 0.210. The molecule has 1 fully saturated rings. The van der Waals surface area contributed by atoms with Gasteiger partial charge in [0.15, 0.2) is 0 Å². The third-order valence-corrected chi connectivity index (χ3v) is 2.46. The minimum atomic E-state index is 0. The summed E-state index contributed by atoms with van der Waals surface area (Å²) in [6.07, 6.45) is 1.67. The van der Waals surface area contributed by atoms with Gasteiger partial charge in [0.1, 0.15) is 0 Å². The van der Waals surface area contributed by atoms with Gasteiger partial charge in [-0.1, -0.05) is 13.8 Å². The third kappa shape index (κ3) is 2.62. The molecule has 2 N–H and O–H groups in total. The van der Waals surface area contributed by atoms with Crippen molar-refractivity contribution in [3.63, 3.8) is 0 Å². The molecule has 1 atom stereocenters. The molecule has 0 amide bonds. The standard InChI is InChI=1S/C8H17NO.ClH/c1-8(2)6-9-5-4-7(8)10-3;/h7,9H,4-6H2,1-3H3;1H/t7-;/m1./s1. The van der Waals surface area contributed by atoms with Crippen LogP contribution >= 0.6 is 0 Å². The molecule has 0 unspecified atom stereocenters. The molecule has 1 heterocycles.